The molecule has 7 heteroatoms. The summed E-state index contributed by atoms with van der Waals surface area (Å²) in [5, 5.41) is 15.5. The maximum absolute atomic E-state index is 12.0. The zero-order valence-electron chi connectivity index (χ0n) is 13.0. The number of carbonyl (C=O) groups excluding carboxylic acids is 1. The summed E-state index contributed by atoms with van der Waals surface area (Å²) >= 11 is 1.46. The SMILES string of the molecule is Cc1noc(C)c1CSCC(=O)Nc1ccccc1CC(=O)O. The molecule has 0 saturated heterocycles. The zero-order chi connectivity index (χ0) is 16.8. The molecule has 1 amide bonds. The Morgan fingerprint density at radius 3 is 2.70 bits per heavy atom. The Labute approximate surface area is 138 Å². The van der Waals surface area contributed by atoms with Crippen molar-refractivity contribution in [2.45, 2.75) is 26.0 Å². The number of aryl methyl sites for hydroxylation is 2. The number of rotatable bonds is 7. The number of nitrogens with one attached hydrogen (secondary N) is 1. The highest BCUT2D eigenvalue weighted by molar-refractivity contribution is 7.99. The smallest absolute Gasteiger partial charge is 0.307 e. The summed E-state index contributed by atoms with van der Waals surface area (Å²) in [4.78, 5) is 22.9. The van der Waals surface area contributed by atoms with Crippen molar-refractivity contribution in [2.24, 2.45) is 0 Å². The fourth-order valence-electron chi connectivity index (χ4n) is 2.10. The summed E-state index contributed by atoms with van der Waals surface area (Å²) in [5.74, 6) is 0.581. The highest BCUT2D eigenvalue weighted by Gasteiger charge is 2.12. The molecule has 122 valence electrons. The molecule has 2 rings (SSSR count). The van der Waals surface area contributed by atoms with Gasteiger partial charge >= 0.3 is 5.97 Å². The van der Waals surface area contributed by atoms with Crippen LogP contribution in [-0.2, 0) is 21.8 Å². The van der Waals surface area contributed by atoms with E-state index in [1.807, 2.05) is 13.8 Å². The molecule has 1 aromatic carbocycles. The predicted molar refractivity (Wildman–Crippen MR) is 88.6 cm³/mol. The zero-order valence-corrected chi connectivity index (χ0v) is 13.8. The third-order valence-electron chi connectivity index (χ3n) is 3.29. The van der Waals surface area contributed by atoms with Gasteiger partial charge in [-0.05, 0) is 25.5 Å². The number of amides is 1. The van der Waals surface area contributed by atoms with E-state index < -0.39 is 5.97 Å². The van der Waals surface area contributed by atoms with Gasteiger partial charge in [-0.3, -0.25) is 9.59 Å². The largest absolute Gasteiger partial charge is 0.481 e. The quantitative estimate of drug-likeness (QED) is 0.809. The van der Waals surface area contributed by atoms with Gasteiger partial charge in [-0.2, -0.15) is 0 Å². The Morgan fingerprint density at radius 1 is 1.30 bits per heavy atom. The second-order valence-corrected chi connectivity index (χ2v) is 6.06. The van der Waals surface area contributed by atoms with Crippen LogP contribution in [0, 0.1) is 13.8 Å². The van der Waals surface area contributed by atoms with Gasteiger partial charge in [0.05, 0.1) is 17.9 Å². The van der Waals surface area contributed by atoms with Gasteiger partial charge < -0.3 is 14.9 Å². The summed E-state index contributed by atoms with van der Waals surface area (Å²) in [6.07, 6.45) is -0.122. The number of hydrogen-bond acceptors (Lipinski definition) is 5. The molecule has 0 radical (unpaired) electrons. The first-order chi connectivity index (χ1) is 11.0. The monoisotopic (exact) mass is 334 g/mol. The molecule has 0 spiro atoms. The fourth-order valence-corrected chi connectivity index (χ4v) is 3.08. The predicted octanol–water partition coefficient (Wildman–Crippen LogP) is 2.79. The summed E-state index contributed by atoms with van der Waals surface area (Å²) in [6, 6.07) is 6.91. The van der Waals surface area contributed by atoms with E-state index in [4.69, 9.17) is 9.63 Å². The molecule has 0 saturated carbocycles. The molecule has 0 unspecified atom stereocenters. The summed E-state index contributed by atoms with van der Waals surface area (Å²) in [6.45, 7) is 3.72. The van der Waals surface area contributed by atoms with Crippen molar-refractivity contribution < 1.29 is 19.2 Å². The van der Waals surface area contributed by atoms with Gasteiger partial charge in [0.1, 0.15) is 5.76 Å². The van der Waals surface area contributed by atoms with E-state index >= 15 is 0 Å². The van der Waals surface area contributed by atoms with Gasteiger partial charge in [0.15, 0.2) is 0 Å². The number of carboxylic acid groups (broad SMARTS) is 1. The van der Waals surface area contributed by atoms with Crippen LogP contribution in [0.5, 0.6) is 0 Å². The van der Waals surface area contributed by atoms with Crippen LogP contribution in [0.4, 0.5) is 5.69 Å². The number of para-hydroxylation sites is 1. The van der Waals surface area contributed by atoms with E-state index in [2.05, 4.69) is 10.5 Å². The van der Waals surface area contributed by atoms with Gasteiger partial charge in [0.2, 0.25) is 5.91 Å². The average Bonchev–Trinajstić information content (AvgIpc) is 2.80. The molecule has 0 atom stereocenters. The molecule has 2 aromatic rings. The molecule has 1 heterocycles. The normalized spacial score (nSPS) is 10.5. The van der Waals surface area contributed by atoms with Crippen molar-refractivity contribution in [3.63, 3.8) is 0 Å². The first kappa shape index (κ1) is 17.1. The van der Waals surface area contributed by atoms with E-state index in [-0.39, 0.29) is 18.1 Å². The number of hydrogen-bond donors (Lipinski definition) is 2. The first-order valence-corrected chi connectivity index (χ1v) is 8.22. The number of thioether (sulfide) groups is 1. The van der Waals surface area contributed by atoms with Crippen LogP contribution in [0.1, 0.15) is 22.6 Å². The lowest BCUT2D eigenvalue weighted by molar-refractivity contribution is -0.136. The van der Waals surface area contributed by atoms with Gasteiger partial charge in [-0.25, -0.2) is 0 Å². The molecule has 0 aliphatic rings. The Hall–Kier alpha value is -2.28. The Kier molecular flexibility index (Phi) is 5.81. The van der Waals surface area contributed by atoms with Gasteiger partial charge in [0, 0.05) is 17.0 Å². The van der Waals surface area contributed by atoms with Crippen molar-refractivity contribution in [3.05, 3.63) is 46.8 Å². The van der Waals surface area contributed by atoms with E-state index in [0.29, 0.717) is 17.0 Å². The van der Waals surface area contributed by atoms with Crippen molar-refractivity contribution in [3.8, 4) is 0 Å². The molecule has 0 bridgehead atoms. The summed E-state index contributed by atoms with van der Waals surface area (Å²) in [5.41, 5.74) is 2.97. The number of anilines is 1. The molecule has 2 N–H and O–H groups in total. The lowest BCUT2D eigenvalue weighted by atomic mass is 10.1. The van der Waals surface area contributed by atoms with Crippen molar-refractivity contribution in [1.82, 2.24) is 5.16 Å². The van der Waals surface area contributed by atoms with Gasteiger partial charge in [-0.1, -0.05) is 23.4 Å². The van der Waals surface area contributed by atoms with Crippen LogP contribution < -0.4 is 5.32 Å². The topological polar surface area (TPSA) is 92.4 Å². The molecule has 23 heavy (non-hydrogen) atoms. The minimum absolute atomic E-state index is 0.122. The number of carbonyl (C=O) groups is 2. The minimum atomic E-state index is -0.931. The Bertz CT molecular complexity index is 692. The summed E-state index contributed by atoms with van der Waals surface area (Å²) < 4.78 is 5.08. The van der Waals surface area contributed by atoms with E-state index in [1.54, 1.807) is 24.3 Å². The number of aliphatic carboxylic acids is 1. The molecule has 0 aliphatic heterocycles. The third kappa shape index (κ3) is 4.85. The Morgan fingerprint density at radius 2 is 2.04 bits per heavy atom. The molecular formula is C16H18N2O4S. The van der Waals surface area contributed by atoms with Gasteiger partial charge in [-0.15, -0.1) is 11.8 Å². The molecule has 0 fully saturated rings. The van der Waals surface area contributed by atoms with Crippen LogP contribution >= 0.6 is 11.8 Å². The molecule has 1 aromatic heterocycles. The minimum Gasteiger partial charge on any atom is -0.481 e. The standard InChI is InChI=1S/C16H18N2O4S/c1-10-13(11(2)22-18-10)8-23-9-15(19)17-14-6-4-3-5-12(14)7-16(20)21/h3-6H,7-9H2,1-2H3,(H,17,19)(H,20,21). The highest BCUT2D eigenvalue weighted by atomic mass is 32.2. The van der Waals surface area contributed by atoms with Crippen molar-refractivity contribution >= 4 is 29.3 Å². The van der Waals surface area contributed by atoms with Crippen LogP contribution in [0.3, 0.4) is 0 Å². The van der Waals surface area contributed by atoms with Crippen LogP contribution in [0.25, 0.3) is 0 Å². The maximum Gasteiger partial charge on any atom is 0.307 e. The number of aromatic nitrogens is 1. The number of benzene rings is 1. The van der Waals surface area contributed by atoms with Crippen LogP contribution in [-0.4, -0.2) is 27.9 Å². The van der Waals surface area contributed by atoms with E-state index in [1.165, 1.54) is 11.8 Å². The number of carboxylic acids is 1. The molecule has 6 nitrogen and oxygen atoms in total. The second-order valence-electron chi connectivity index (χ2n) is 5.07. The fraction of sp³-hybridized carbons (Fsp3) is 0.312. The lowest BCUT2D eigenvalue weighted by Gasteiger charge is -2.09. The van der Waals surface area contributed by atoms with Crippen molar-refractivity contribution in [2.75, 3.05) is 11.1 Å². The highest BCUT2D eigenvalue weighted by Crippen LogP contribution is 2.20. The van der Waals surface area contributed by atoms with E-state index in [0.717, 1.165) is 17.0 Å². The maximum atomic E-state index is 12.0. The average molecular weight is 334 g/mol. The summed E-state index contributed by atoms with van der Waals surface area (Å²) in [7, 11) is 0. The van der Waals surface area contributed by atoms with Gasteiger partial charge in [0.25, 0.3) is 0 Å². The Balaban J connectivity index is 1.89. The first-order valence-electron chi connectivity index (χ1n) is 7.06. The van der Waals surface area contributed by atoms with E-state index in [9.17, 15) is 9.59 Å². The van der Waals surface area contributed by atoms with Crippen LogP contribution in [0.2, 0.25) is 0 Å². The molecule has 0 aliphatic carbocycles. The number of nitrogens with zero attached hydrogens (tertiary/aromatic N) is 1. The molecular weight excluding hydrogens is 316 g/mol. The van der Waals surface area contributed by atoms with Crippen LogP contribution in [0.15, 0.2) is 28.8 Å². The third-order valence-corrected chi connectivity index (χ3v) is 4.25. The lowest BCUT2D eigenvalue weighted by Crippen LogP contribution is -2.16. The van der Waals surface area contributed by atoms with Crippen molar-refractivity contribution in [1.29, 1.82) is 0 Å². The second kappa shape index (κ2) is 7.82.